The number of benzene rings is 1. The fourth-order valence-electron chi connectivity index (χ4n) is 3.35. The van der Waals surface area contributed by atoms with Crippen molar-refractivity contribution in [3.63, 3.8) is 0 Å². The van der Waals surface area contributed by atoms with Crippen molar-refractivity contribution in [2.75, 3.05) is 18.5 Å². The van der Waals surface area contributed by atoms with Crippen LogP contribution in [0, 0.1) is 17.3 Å². The third-order valence-corrected chi connectivity index (χ3v) is 5.77. The molecule has 0 unspecified atom stereocenters. The maximum atomic E-state index is 13.9. The summed E-state index contributed by atoms with van der Waals surface area (Å²) in [5.74, 6) is 0.139. The Bertz CT molecular complexity index is 912. The van der Waals surface area contributed by atoms with Crippen LogP contribution in [0.5, 0.6) is 5.75 Å². The summed E-state index contributed by atoms with van der Waals surface area (Å²) in [4.78, 5) is 2.78. The number of fused-ring (bicyclic) bond motifs is 1. The highest BCUT2D eigenvalue weighted by Crippen LogP contribution is 2.37. The molecule has 1 aromatic heterocycles. The second-order valence-corrected chi connectivity index (χ2v) is 7.60. The number of halogens is 1. The molecule has 27 heavy (non-hydrogen) atoms. The lowest BCUT2D eigenvalue weighted by Gasteiger charge is -2.28. The molecular weight excluding hydrogens is 365 g/mol. The molecule has 1 aromatic carbocycles. The quantitative estimate of drug-likeness (QED) is 0.783. The number of hydrogen-bond donors (Lipinski definition) is 1. The Morgan fingerprint density at radius 1 is 1.33 bits per heavy atom. The van der Waals surface area contributed by atoms with Crippen LogP contribution in [0.1, 0.15) is 30.2 Å². The van der Waals surface area contributed by atoms with Gasteiger partial charge in [-0.2, -0.15) is 5.26 Å². The maximum absolute atomic E-state index is 13.9. The zero-order valence-corrected chi connectivity index (χ0v) is 15.8. The molecule has 0 spiro atoms. The third kappa shape index (κ3) is 3.64. The highest BCUT2D eigenvalue weighted by molar-refractivity contribution is 7.10. The van der Waals surface area contributed by atoms with Gasteiger partial charge in [0, 0.05) is 35.0 Å². The van der Waals surface area contributed by atoms with Crippen LogP contribution in [0.25, 0.3) is 5.70 Å². The Morgan fingerprint density at radius 3 is 2.93 bits per heavy atom. The first kappa shape index (κ1) is 17.8. The van der Waals surface area contributed by atoms with E-state index in [0.717, 1.165) is 34.7 Å². The van der Waals surface area contributed by atoms with Crippen molar-refractivity contribution < 1.29 is 13.9 Å². The second-order valence-electron chi connectivity index (χ2n) is 6.60. The molecule has 2 aliphatic rings. The van der Waals surface area contributed by atoms with E-state index in [-0.39, 0.29) is 11.9 Å². The lowest BCUT2D eigenvalue weighted by Crippen LogP contribution is -2.26. The van der Waals surface area contributed by atoms with E-state index in [1.165, 1.54) is 12.1 Å². The molecule has 2 aliphatic heterocycles. The highest BCUT2D eigenvalue weighted by atomic mass is 32.1. The first-order chi connectivity index (χ1) is 13.2. The maximum Gasteiger partial charge on any atom is 0.184 e. The molecule has 1 saturated heterocycles. The number of rotatable bonds is 4. The molecule has 4 rings (SSSR count). The molecule has 3 heterocycles. The van der Waals surface area contributed by atoms with Gasteiger partial charge in [-0.25, -0.2) is 4.39 Å². The molecule has 1 fully saturated rings. The van der Waals surface area contributed by atoms with Crippen molar-refractivity contribution in [1.82, 2.24) is 4.90 Å². The molecule has 1 N–H and O–H groups in total. The van der Waals surface area contributed by atoms with Gasteiger partial charge in [0.25, 0.3) is 0 Å². The normalized spacial score (nSPS) is 17.4. The van der Waals surface area contributed by atoms with E-state index in [1.54, 1.807) is 22.3 Å². The van der Waals surface area contributed by atoms with E-state index in [2.05, 4.69) is 11.5 Å². The number of nitrogens with one attached hydrogen (secondary N) is 1. The van der Waals surface area contributed by atoms with Gasteiger partial charge >= 0.3 is 0 Å². The van der Waals surface area contributed by atoms with Crippen LogP contribution in [-0.2, 0) is 11.3 Å². The van der Waals surface area contributed by atoms with Crippen LogP contribution < -0.4 is 10.1 Å². The van der Waals surface area contributed by atoms with Crippen LogP contribution in [-0.4, -0.2) is 24.2 Å². The second kappa shape index (κ2) is 7.59. The minimum atomic E-state index is -0.341. The van der Waals surface area contributed by atoms with Gasteiger partial charge in [-0.05, 0) is 30.5 Å². The monoisotopic (exact) mass is 385 g/mol. The number of allylic oxidation sites excluding steroid dienone is 1. The smallest absolute Gasteiger partial charge is 0.184 e. The number of ether oxygens (including phenoxy) is 2. The summed E-state index contributed by atoms with van der Waals surface area (Å²) in [5.41, 5.74) is 3.45. The lowest BCUT2D eigenvalue weighted by atomic mass is 10.1. The summed E-state index contributed by atoms with van der Waals surface area (Å²) in [6.45, 7) is 3.80. The van der Waals surface area contributed by atoms with Crippen molar-refractivity contribution >= 4 is 22.7 Å². The fraction of sp³-hybridized carbons (Fsp3) is 0.350. The minimum absolute atomic E-state index is 0.00912. The average molecular weight is 385 g/mol. The summed E-state index contributed by atoms with van der Waals surface area (Å²) >= 11 is 1.62. The molecule has 0 radical (unpaired) electrons. The van der Waals surface area contributed by atoms with Gasteiger partial charge in [-0.15, -0.1) is 11.3 Å². The standard InChI is InChI=1S/C20H20FN3O2S/c1-13-20(16-6-9-27-19(16)11-24(13)12-22)23-17-3-2-14(21)10-18(17)26-15-4-7-25-8-5-15/h2-3,6,9-10,15,23H,4-5,7-8,11H2,1H3. The molecule has 5 nitrogen and oxygen atoms in total. The summed E-state index contributed by atoms with van der Waals surface area (Å²) in [5, 5.41) is 14.9. The third-order valence-electron chi connectivity index (χ3n) is 4.87. The Morgan fingerprint density at radius 2 is 2.15 bits per heavy atom. The van der Waals surface area contributed by atoms with Crippen LogP contribution >= 0.6 is 11.3 Å². The molecule has 0 bridgehead atoms. The van der Waals surface area contributed by atoms with E-state index >= 15 is 0 Å². The number of anilines is 1. The van der Waals surface area contributed by atoms with Gasteiger partial charge in [0.15, 0.2) is 6.19 Å². The van der Waals surface area contributed by atoms with E-state index in [0.29, 0.717) is 31.2 Å². The van der Waals surface area contributed by atoms with Gasteiger partial charge in [-0.3, -0.25) is 4.90 Å². The summed E-state index contributed by atoms with van der Waals surface area (Å²) in [6.07, 6.45) is 3.81. The van der Waals surface area contributed by atoms with Gasteiger partial charge < -0.3 is 14.8 Å². The average Bonchev–Trinajstić information content (AvgIpc) is 3.14. The Kier molecular flexibility index (Phi) is 5.01. The summed E-state index contributed by atoms with van der Waals surface area (Å²) in [6, 6.07) is 6.55. The van der Waals surface area contributed by atoms with Gasteiger partial charge in [0.2, 0.25) is 0 Å². The van der Waals surface area contributed by atoms with Gasteiger partial charge in [0.05, 0.1) is 31.1 Å². The van der Waals surface area contributed by atoms with Crippen molar-refractivity contribution in [3.05, 3.63) is 51.6 Å². The Balaban J connectivity index is 1.66. The van der Waals surface area contributed by atoms with Gasteiger partial charge in [0.1, 0.15) is 17.7 Å². The molecule has 0 aliphatic carbocycles. The van der Waals surface area contributed by atoms with Crippen LogP contribution in [0.4, 0.5) is 10.1 Å². The van der Waals surface area contributed by atoms with E-state index in [4.69, 9.17) is 9.47 Å². The minimum Gasteiger partial charge on any atom is -0.488 e. The van der Waals surface area contributed by atoms with E-state index in [9.17, 15) is 9.65 Å². The first-order valence-electron chi connectivity index (χ1n) is 8.91. The van der Waals surface area contributed by atoms with Gasteiger partial charge in [-0.1, -0.05) is 0 Å². The fourth-order valence-corrected chi connectivity index (χ4v) is 4.22. The summed E-state index contributed by atoms with van der Waals surface area (Å²) in [7, 11) is 0. The number of thiophene rings is 1. The first-order valence-corrected chi connectivity index (χ1v) is 9.79. The van der Waals surface area contributed by atoms with Crippen LogP contribution in [0.3, 0.4) is 0 Å². The Labute approximate surface area is 161 Å². The molecular formula is C20H20FN3O2S. The van der Waals surface area contributed by atoms with Crippen molar-refractivity contribution in [3.8, 4) is 11.9 Å². The lowest BCUT2D eigenvalue weighted by molar-refractivity contribution is 0.0257. The zero-order chi connectivity index (χ0) is 18.8. The molecule has 0 amide bonds. The molecule has 0 atom stereocenters. The largest absolute Gasteiger partial charge is 0.488 e. The van der Waals surface area contributed by atoms with E-state index < -0.39 is 0 Å². The van der Waals surface area contributed by atoms with E-state index in [1.807, 2.05) is 18.4 Å². The molecule has 0 saturated carbocycles. The SMILES string of the molecule is CC1=C(Nc2ccc(F)cc2OC2CCOCC2)c2ccsc2CN1C#N. The molecule has 7 heteroatoms. The van der Waals surface area contributed by atoms with Crippen molar-refractivity contribution in [1.29, 1.82) is 5.26 Å². The topological polar surface area (TPSA) is 57.5 Å². The zero-order valence-electron chi connectivity index (χ0n) is 15.0. The predicted octanol–water partition coefficient (Wildman–Crippen LogP) is 4.54. The van der Waals surface area contributed by atoms with Crippen LogP contribution in [0.2, 0.25) is 0 Å². The molecule has 2 aromatic rings. The predicted molar refractivity (Wildman–Crippen MR) is 103 cm³/mol. The molecule has 140 valence electrons. The summed E-state index contributed by atoms with van der Waals surface area (Å²) < 4.78 is 25.3. The number of nitrogens with zero attached hydrogens (tertiary/aromatic N) is 2. The Hall–Kier alpha value is -2.56. The van der Waals surface area contributed by atoms with Crippen molar-refractivity contribution in [2.24, 2.45) is 0 Å². The van der Waals surface area contributed by atoms with Crippen molar-refractivity contribution in [2.45, 2.75) is 32.4 Å². The highest BCUT2D eigenvalue weighted by Gasteiger charge is 2.25. The number of hydrogen-bond acceptors (Lipinski definition) is 6. The van der Waals surface area contributed by atoms with Crippen LogP contribution in [0.15, 0.2) is 35.3 Å². The number of nitriles is 1.